The van der Waals surface area contributed by atoms with E-state index in [0.29, 0.717) is 17.1 Å². The minimum Gasteiger partial charge on any atom is -0.504 e. The lowest BCUT2D eigenvalue weighted by atomic mass is 10.2. The molecule has 0 aliphatic heterocycles. The quantitative estimate of drug-likeness (QED) is 0.550. The SMILES string of the molecule is COc1cccc(C=NNC(=O)Cc2nc3ccccc3n2C)c1O. The van der Waals surface area contributed by atoms with Gasteiger partial charge < -0.3 is 14.4 Å². The smallest absolute Gasteiger partial charge is 0.247 e. The first-order chi connectivity index (χ1) is 12.1. The third-order valence-corrected chi connectivity index (χ3v) is 3.84. The Labute approximate surface area is 144 Å². The number of phenolic OH excluding ortho intramolecular Hbond substituents is 1. The molecule has 0 saturated heterocycles. The Hall–Kier alpha value is -3.35. The zero-order valence-electron chi connectivity index (χ0n) is 13.9. The summed E-state index contributed by atoms with van der Waals surface area (Å²) in [5, 5.41) is 13.8. The van der Waals surface area contributed by atoms with Gasteiger partial charge in [-0.2, -0.15) is 5.10 Å². The van der Waals surface area contributed by atoms with Crippen molar-refractivity contribution in [2.75, 3.05) is 7.11 Å². The number of aryl methyl sites for hydroxylation is 1. The third kappa shape index (κ3) is 3.45. The van der Waals surface area contributed by atoms with E-state index in [1.807, 2.05) is 35.9 Å². The van der Waals surface area contributed by atoms with Crippen molar-refractivity contribution in [2.45, 2.75) is 6.42 Å². The van der Waals surface area contributed by atoms with Crippen LogP contribution in [-0.4, -0.2) is 33.9 Å². The third-order valence-electron chi connectivity index (χ3n) is 3.84. The molecule has 3 aromatic rings. The molecule has 0 fully saturated rings. The highest BCUT2D eigenvalue weighted by molar-refractivity contribution is 5.86. The molecule has 0 spiro atoms. The molecule has 0 radical (unpaired) electrons. The van der Waals surface area contributed by atoms with E-state index in [-0.39, 0.29) is 18.1 Å². The number of aromatic hydroxyl groups is 1. The molecule has 0 bridgehead atoms. The summed E-state index contributed by atoms with van der Waals surface area (Å²) in [5.74, 6) is 0.670. The van der Waals surface area contributed by atoms with Gasteiger partial charge in [0, 0.05) is 12.6 Å². The highest BCUT2D eigenvalue weighted by atomic mass is 16.5. The second-order valence-corrected chi connectivity index (χ2v) is 5.44. The number of hydrazone groups is 1. The molecular formula is C18H18N4O3. The Kier molecular flexibility index (Phi) is 4.65. The summed E-state index contributed by atoms with van der Waals surface area (Å²) < 4.78 is 6.91. The molecule has 2 N–H and O–H groups in total. The van der Waals surface area contributed by atoms with E-state index in [1.54, 1.807) is 18.2 Å². The Morgan fingerprint density at radius 1 is 1.32 bits per heavy atom. The van der Waals surface area contributed by atoms with Gasteiger partial charge in [-0.3, -0.25) is 4.79 Å². The van der Waals surface area contributed by atoms with Crippen molar-refractivity contribution in [3.8, 4) is 11.5 Å². The van der Waals surface area contributed by atoms with Gasteiger partial charge in [-0.15, -0.1) is 0 Å². The Morgan fingerprint density at radius 3 is 2.88 bits per heavy atom. The van der Waals surface area contributed by atoms with Gasteiger partial charge in [-0.05, 0) is 24.3 Å². The number of amides is 1. The van der Waals surface area contributed by atoms with Crippen LogP contribution >= 0.6 is 0 Å². The molecule has 1 amide bonds. The van der Waals surface area contributed by atoms with Crippen molar-refractivity contribution in [2.24, 2.45) is 12.1 Å². The molecule has 7 nitrogen and oxygen atoms in total. The molecule has 3 rings (SSSR count). The standard InChI is InChI=1S/C18H18N4O3/c1-22-14-8-4-3-7-13(14)20-16(22)10-17(23)21-19-11-12-6-5-9-15(25-2)18(12)24/h3-9,11,24H,10H2,1-2H3,(H,21,23). The molecule has 0 aliphatic carbocycles. The number of nitrogens with zero attached hydrogens (tertiary/aromatic N) is 3. The lowest BCUT2D eigenvalue weighted by molar-refractivity contribution is -0.120. The highest BCUT2D eigenvalue weighted by Gasteiger charge is 2.11. The topological polar surface area (TPSA) is 88.7 Å². The number of nitrogens with one attached hydrogen (secondary N) is 1. The maximum absolute atomic E-state index is 12.1. The first-order valence-electron chi connectivity index (χ1n) is 7.68. The molecule has 25 heavy (non-hydrogen) atoms. The number of phenols is 1. The number of fused-ring (bicyclic) bond motifs is 1. The van der Waals surface area contributed by atoms with Gasteiger partial charge >= 0.3 is 0 Å². The number of carbonyl (C=O) groups excluding carboxylic acids is 1. The summed E-state index contributed by atoms with van der Waals surface area (Å²) in [6.45, 7) is 0. The second kappa shape index (κ2) is 7.04. The molecule has 0 aliphatic rings. The minimum atomic E-state index is -0.294. The van der Waals surface area contributed by atoms with E-state index in [2.05, 4.69) is 15.5 Å². The molecule has 0 unspecified atom stereocenters. The van der Waals surface area contributed by atoms with Crippen LogP contribution in [0.2, 0.25) is 0 Å². The molecule has 7 heteroatoms. The average Bonchev–Trinajstić information content (AvgIpc) is 2.92. The molecule has 0 atom stereocenters. The predicted molar refractivity (Wildman–Crippen MR) is 94.8 cm³/mol. The average molecular weight is 338 g/mol. The summed E-state index contributed by atoms with van der Waals surface area (Å²) in [7, 11) is 3.34. The summed E-state index contributed by atoms with van der Waals surface area (Å²) >= 11 is 0. The van der Waals surface area contributed by atoms with Crippen LogP contribution in [0.3, 0.4) is 0 Å². The van der Waals surface area contributed by atoms with Gasteiger partial charge in [0.1, 0.15) is 5.82 Å². The van der Waals surface area contributed by atoms with Crippen molar-refractivity contribution in [1.82, 2.24) is 15.0 Å². The second-order valence-electron chi connectivity index (χ2n) is 5.44. The van der Waals surface area contributed by atoms with E-state index in [1.165, 1.54) is 13.3 Å². The number of methoxy groups -OCH3 is 1. The fourth-order valence-corrected chi connectivity index (χ4v) is 2.52. The van der Waals surface area contributed by atoms with Gasteiger partial charge in [0.2, 0.25) is 5.91 Å². The number of rotatable bonds is 5. The number of benzene rings is 2. The van der Waals surface area contributed by atoms with E-state index in [4.69, 9.17) is 4.74 Å². The van der Waals surface area contributed by atoms with Crippen molar-refractivity contribution in [3.63, 3.8) is 0 Å². The number of para-hydroxylation sites is 3. The number of ether oxygens (including phenoxy) is 1. The lowest BCUT2D eigenvalue weighted by Crippen LogP contribution is -2.21. The Bertz CT molecular complexity index is 947. The normalized spacial score (nSPS) is 11.1. The maximum atomic E-state index is 12.1. The number of hydrogen-bond acceptors (Lipinski definition) is 5. The van der Waals surface area contributed by atoms with Gasteiger partial charge in [0.15, 0.2) is 11.5 Å². The van der Waals surface area contributed by atoms with E-state index >= 15 is 0 Å². The summed E-state index contributed by atoms with van der Waals surface area (Å²) in [5.41, 5.74) is 4.70. The molecule has 1 aromatic heterocycles. The van der Waals surface area contributed by atoms with E-state index < -0.39 is 0 Å². The van der Waals surface area contributed by atoms with Gasteiger partial charge in [0.05, 0.1) is 30.8 Å². The summed E-state index contributed by atoms with van der Waals surface area (Å²) in [4.78, 5) is 16.5. The molecule has 2 aromatic carbocycles. The first kappa shape index (κ1) is 16.5. The zero-order valence-corrected chi connectivity index (χ0v) is 13.9. The monoisotopic (exact) mass is 338 g/mol. The molecular weight excluding hydrogens is 320 g/mol. The maximum Gasteiger partial charge on any atom is 0.247 e. The largest absolute Gasteiger partial charge is 0.504 e. The van der Waals surface area contributed by atoms with Crippen LogP contribution in [0.15, 0.2) is 47.6 Å². The lowest BCUT2D eigenvalue weighted by Gasteiger charge is -2.05. The van der Waals surface area contributed by atoms with Crippen LogP contribution in [0.4, 0.5) is 0 Å². The number of imidazole rings is 1. The van der Waals surface area contributed by atoms with Gasteiger partial charge in [-0.25, -0.2) is 10.4 Å². The van der Waals surface area contributed by atoms with Crippen LogP contribution in [0, 0.1) is 0 Å². The van der Waals surface area contributed by atoms with Crippen LogP contribution < -0.4 is 10.2 Å². The number of carbonyl (C=O) groups is 1. The zero-order chi connectivity index (χ0) is 17.8. The Balaban J connectivity index is 1.67. The van der Waals surface area contributed by atoms with Gasteiger partial charge in [0.25, 0.3) is 0 Å². The Morgan fingerprint density at radius 2 is 2.12 bits per heavy atom. The van der Waals surface area contributed by atoms with Crippen molar-refractivity contribution in [1.29, 1.82) is 0 Å². The predicted octanol–water partition coefficient (Wildman–Crippen LogP) is 1.98. The summed E-state index contributed by atoms with van der Waals surface area (Å²) in [6.07, 6.45) is 1.47. The van der Waals surface area contributed by atoms with Crippen molar-refractivity contribution < 1.29 is 14.6 Å². The number of aromatic nitrogens is 2. The van der Waals surface area contributed by atoms with Crippen LogP contribution in [0.1, 0.15) is 11.4 Å². The van der Waals surface area contributed by atoms with Crippen LogP contribution in [-0.2, 0) is 18.3 Å². The molecule has 128 valence electrons. The van der Waals surface area contributed by atoms with Gasteiger partial charge in [-0.1, -0.05) is 18.2 Å². The van der Waals surface area contributed by atoms with Crippen molar-refractivity contribution in [3.05, 3.63) is 53.9 Å². The molecule has 1 heterocycles. The fraction of sp³-hybridized carbons (Fsp3) is 0.167. The minimum absolute atomic E-state index is 0.0293. The van der Waals surface area contributed by atoms with E-state index in [9.17, 15) is 9.90 Å². The van der Waals surface area contributed by atoms with Crippen molar-refractivity contribution >= 4 is 23.2 Å². The molecule has 0 saturated carbocycles. The fourth-order valence-electron chi connectivity index (χ4n) is 2.52. The number of hydrogen-bond donors (Lipinski definition) is 2. The highest BCUT2D eigenvalue weighted by Crippen LogP contribution is 2.27. The first-order valence-corrected chi connectivity index (χ1v) is 7.68. The van der Waals surface area contributed by atoms with Crippen LogP contribution in [0.25, 0.3) is 11.0 Å². The summed E-state index contributed by atoms with van der Waals surface area (Å²) in [6, 6.07) is 12.7. The van der Waals surface area contributed by atoms with E-state index in [0.717, 1.165) is 11.0 Å². The van der Waals surface area contributed by atoms with Crippen LogP contribution in [0.5, 0.6) is 11.5 Å².